The molecule has 1 aliphatic rings. The van der Waals surface area contributed by atoms with Crippen LogP contribution in [0.25, 0.3) is 0 Å². The van der Waals surface area contributed by atoms with E-state index in [-0.39, 0.29) is 12.5 Å². The van der Waals surface area contributed by atoms with Crippen LogP contribution in [0.3, 0.4) is 0 Å². The van der Waals surface area contributed by atoms with Gasteiger partial charge in [-0.05, 0) is 24.3 Å². The SMILES string of the molecule is CN(C)C(=O)CN=C(NCCCOCC1CCOC1)NCc1cccs1. The molecular formula is C18H30N4O3S. The molecule has 0 saturated carbocycles. The van der Waals surface area contributed by atoms with E-state index in [0.29, 0.717) is 25.0 Å². The largest absolute Gasteiger partial charge is 0.381 e. The minimum Gasteiger partial charge on any atom is -0.381 e. The number of carbonyl (C=O) groups is 1. The molecule has 1 aromatic heterocycles. The fourth-order valence-corrected chi connectivity index (χ4v) is 3.04. The molecule has 1 saturated heterocycles. The zero-order valence-corrected chi connectivity index (χ0v) is 16.5. The Balaban J connectivity index is 1.67. The highest BCUT2D eigenvalue weighted by Gasteiger charge is 2.15. The van der Waals surface area contributed by atoms with Gasteiger partial charge in [0.1, 0.15) is 6.54 Å². The highest BCUT2D eigenvalue weighted by atomic mass is 32.1. The third-order valence-electron chi connectivity index (χ3n) is 4.02. The second-order valence-corrected chi connectivity index (χ2v) is 7.50. The van der Waals surface area contributed by atoms with E-state index in [1.54, 1.807) is 30.3 Å². The van der Waals surface area contributed by atoms with Gasteiger partial charge >= 0.3 is 0 Å². The van der Waals surface area contributed by atoms with Crippen LogP contribution in [0.15, 0.2) is 22.5 Å². The molecule has 1 fully saturated rings. The number of likely N-dealkylation sites (N-methyl/N-ethyl adjacent to an activating group) is 1. The van der Waals surface area contributed by atoms with Crippen molar-refractivity contribution in [1.82, 2.24) is 15.5 Å². The highest BCUT2D eigenvalue weighted by Crippen LogP contribution is 2.12. The van der Waals surface area contributed by atoms with E-state index in [0.717, 1.165) is 39.2 Å². The Morgan fingerprint density at radius 2 is 2.35 bits per heavy atom. The lowest BCUT2D eigenvalue weighted by molar-refractivity contribution is -0.127. The predicted molar refractivity (Wildman–Crippen MR) is 105 cm³/mol. The van der Waals surface area contributed by atoms with Crippen molar-refractivity contribution in [1.29, 1.82) is 0 Å². The van der Waals surface area contributed by atoms with Crippen LogP contribution in [0.5, 0.6) is 0 Å². The molecule has 2 rings (SSSR count). The number of amides is 1. The minimum atomic E-state index is -0.0238. The Labute approximate surface area is 159 Å². The predicted octanol–water partition coefficient (Wildman–Crippen LogP) is 1.31. The Hall–Kier alpha value is -1.64. The van der Waals surface area contributed by atoms with Crippen LogP contribution in [0.1, 0.15) is 17.7 Å². The topological polar surface area (TPSA) is 75.2 Å². The summed E-state index contributed by atoms with van der Waals surface area (Å²) < 4.78 is 11.0. The molecule has 1 aromatic rings. The van der Waals surface area contributed by atoms with Crippen molar-refractivity contribution in [2.45, 2.75) is 19.4 Å². The first-order chi connectivity index (χ1) is 12.6. The van der Waals surface area contributed by atoms with Gasteiger partial charge in [0.15, 0.2) is 5.96 Å². The molecule has 7 nitrogen and oxygen atoms in total. The first-order valence-corrected chi connectivity index (χ1v) is 9.93. The first kappa shape index (κ1) is 20.7. The Morgan fingerprint density at radius 1 is 1.46 bits per heavy atom. The van der Waals surface area contributed by atoms with Crippen LogP contribution in [0.4, 0.5) is 0 Å². The normalized spacial score (nSPS) is 17.3. The van der Waals surface area contributed by atoms with Gasteiger partial charge in [0, 0.05) is 44.6 Å². The monoisotopic (exact) mass is 382 g/mol. The number of carbonyl (C=O) groups excluding carboxylic acids is 1. The van der Waals surface area contributed by atoms with Gasteiger partial charge in [0.05, 0.1) is 19.8 Å². The fraction of sp³-hybridized carbons (Fsp3) is 0.667. The maximum atomic E-state index is 11.8. The maximum absolute atomic E-state index is 11.8. The van der Waals surface area contributed by atoms with Crippen LogP contribution < -0.4 is 10.6 Å². The van der Waals surface area contributed by atoms with Gasteiger partial charge in [-0.1, -0.05) is 6.07 Å². The molecule has 0 aromatic carbocycles. The summed E-state index contributed by atoms with van der Waals surface area (Å²) in [4.78, 5) is 18.9. The molecule has 146 valence electrons. The number of aliphatic imine (C=N–C) groups is 1. The summed E-state index contributed by atoms with van der Waals surface area (Å²) in [5.41, 5.74) is 0. The quantitative estimate of drug-likeness (QED) is 0.363. The number of hydrogen-bond acceptors (Lipinski definition) is 5. The van der Waals surface area contributed by atoms with Gasteiger partial charge in [-0.3, -0.25) is 4.79 Å². The smallest absolute Gasteiger partial charge is 0.243 e. The second-order valence-electron chi connectivity index (χ2n) is 6.47. The molecule has 1 atom stereocenters. The van der Waals surface area contributed by atoms with Crippen molar-refractivity contribution in [3.63, 3.8) is 0 Å². The molecule has 1 aliphatic heterocycles. The third kappa shape index (κ3) is 8.16. The summed E-state index contributed by atoms with van der Waals surface area (Å²) in [6.07, 6.45) is 1.98. The van der Waals surface area contributed by atoms with Crippen molar-refractivity contribution < 1.29 is 14.3 Å². The number of nitrogens with zero attached hydrogens (tertiary/aromatic N) is 2. The van der Waals surface area contributed by atoms with Gasteiger partial charge < -0.3 is 25.0 Å². The summed E-state index contributed by atoms with van der Waals surface area (Å²) in [6.45, 7) is 4.72. The number of nitrogens with one attached hydrogen (secondary N) is 2. The minimum absolute atomic E-state index is 0.0238. The molecule has 2 heterocycles. The van der Waals surface area contributed by atoms with E-state index < -0.39 is 0 Å². The van der Waals surface area contributed by atoms with Gasteiger partial charge in [-0.2, -0.15) is 0 Å². The van der Waals surface area contributed by atoms with Crippen LogP contribution in [-0.4, -0.2) is 70.4 Å². The summed E-state index contributed by atoms with van der Waals surface area (Å²) in [5.74, 6) is 1.17. The van der Waals surface area contributed by atoms with E-state index >= 15 is 0 Å². The molecule has 2 N–H and O–H groups in total. The van der Waals surface area contributed by atoms with E-state index in [4.69, 9.17) is 9.47 Å². The number of guanidine groups is 1. The van der Waals surface area contributed by atoms with E-state index in [1.807, 2.05) is 11.4 Å². The molecule has 26 heavy (non-hydrogen) atoms. The number of hydrogen-bond donors (Lipinski definition) is 2. The highest BCUT2D eigenvalue weighted by molar-refractivity contribution is 7.09. The summed E-state index contributed by atoms with van der Waals surface area (Å²) in [5, 5.41) is 8.59. The van der Waals surface area contributed by atoms with Crippen LogP contribution in [0, 0.1) is 5.92 Å². The van der Waals surface area contributed by atoms with Crippen molar-refractivity contribution in [2.75, 3.05) is 53.6 Å². The van der Waals surface area contributed by atoms with E-state index in [9.17, 15) is 4.79 Å². The van der Waals surface area contributed by atoms with Crippen LogP contribution in [0.2, 0.25) is 0 Å². The fourth-order valence-electron chi connectivity index (χ4n) is 2.39. The standard InChI is InChI=1S/C18H30N4O3S/c1-22(2)17(23)12-21-18(20-11-16-5-3-10-26-16)19-7-4-8-24-13-15-6-9-25-14-15/h3,5,10,15H,4,6-9,11-14H2,1-2H3,(H2,19,20,21). The second kappa shape index (κ2) is 11.9. The first-order valence-electron chi connectivity index (χ1n) is 9.05. The molecule has 1 amide bonds. The zero-order valence-electron chi connectivity index (χ0n) is 15.7. The number of ether oxygens (including phenoxy) is 2. The number of thiophene rings is 1. The Morgan fingerprint density at radius 3 is 3.04 bits per heavy atom. The van der Waals surface area contributed by atoms with Gasteiger partial charge in [-0.25, -0.2) is 4.99 Å². The average Bonchev–Trinajstić information content (AvgIpc) is 3.32. The lowest BCUT2D eigenvalue weighted by Crippen LogP contribution is -2.38. The lowest BCUT2D eigenvalue weighted by Gasteiger charge is -2.14. The molecule has 0 bridgehead atoms. The van der Waals surface area contributed by atoms with Crippen molar-refractivity contribution in [3.05, 3.63) is 22.4 Å². The van der Waals surface area contributed by atoms with Crippen molar-refractivity contribution >= 4 is 23.2 Å². The van der Waals surface area contributed by atoms with Crippen LogP contribution >= 0.6 is 11.3 Å². The van der Waals surface area contributed by atoms with E-state index in [2.05, 4.69) is 21.7 Å². The molecule has 8 heteroatoms. The zero-order chi connectivity index (χ0) is 18.6. The number of rotatable bonds is 10. The van der Waals surface area contributed by atoms with Crippen LogP contribution in [-0.2, 0) is 20.8 Å². The Bertz CT molecular complexity index is 543. The Kier molecular flexibility index (Phi) is 9.44. The molecule has 0 aliphatic carbocycles. The lowest BCUT2D eigenvalue weighted by atomic mass is 10.1. The molecule has 0 spiro atoms. The van der Waals surface area contributed by atoms with Gasteiger partial charge in [0.25, 0.3) is 0 Å². The molecule has 0 radical (unpaired) electrons. The maximum Gasteiger partial charge on any atom is 0.243 e. The van der Waals surface area contributed by atoms with Gasteiger partial charge in [-0.15, -0.1) is 11.3 Å². The summed E-state index contributed by atoms with van der Waals surface area (Å²) >= 11 is 1.69. The van der Waals surface area contributed by atoms with E-state index in [1.165, 1.54) is 4.88 Å². The average molecular weight is 383 g/mol. The van der Waals surface area contributed by atoms with Crippen molar-refractivity contribution in [3.8, 4) is 0 Å². The summed E-state index contributed by atoms with van der Waals surface area (Å²) in [7, 11) is 3.47. The van der Waals surface area contributed by atoms with Gasteiger partial charge in [0.2, 0.25) is 5.91 Å². The van der Waals surface area contributed by atoms with Crippen molar-refractivity contribution in [2.24, 2.45) is 10.9 Å². The third-order valence-corrected chi connectivity index (χ3v) is 4.89. The molecular weight excluding hydrogens is 352 g/mol. The molecule has 1 unspecified atom stereocenters. The summed E-state index contributed by atoms with van der Waals surface area (Å²) in [6, 6.07) is 4.09.